The lowest BCUT2D eigenvalue weighted by atomic mass is 10.2. The van der Waals surface area contributed by atoms with Crippen LogP contribution < -0.4 is 4.90 Å². The van der Waals surface area contributed by atoms with E-state index in [4.69, 9.17) is 4.98 Å². The monoisotopic (exact) mass is 493 g/mol. The van der Waals surface area contributed by atoms with Gasteiger partial charge in [-0.3, -0.25) is 14.7 Å². The molecule has 6 nitrogen and oxygen atoms in total. The van der Waals surface area contributed by atoms with Gasteiger partial charge in [0.1, 0.15) is 0 Å². The number of carbonyl (C=O) groups excluding carboxylic acids is 1. The summed E-state index contributed by atoms with van der Waals surface area (Å²) < 4.78 is 26.4. The van der Waals surface area contributed by atoms with Gasteiger partial charge in [0.2, 0.25) is 5.91 Å². The lowest BCUT2D eigenvalue weighted by molar-refractivity contribution is -0.118. The maximum absolute atomic E-state index is 13.3. The molecule has 1 amide bonds. The molecule has 0 saturated carbocycles. The van der Waals surface area contributed by atoms with Crippen LogP contribution in [-0.4, -0.2) is 30.0 Å². The fourth-order valence-corrected chi connectivity index (χ4v) is 6.00. The number of pyridine rings is 1. The summed E-state index contributed by atoms with van der Waals surface area (Å²) >= 11 is 1.48. The van der Waals surface area contributed by atoms with Crippen LogP contribution in [0.3, 0.4) is 0 Å². The van der Waals surface area contributed by atoms with Gasteiger partial charge < -0.3 is 0 Å². The molecule has 2 heterocycles. The maximum Gasteiger partial charge on any atom is 0.229 e. The van der Waals surface area contributed by atoms with Crippen molar-refractivity contribution in [1.29, 1.82) is 0 Å². The van der Waals surface area contributed by atoms with Gasteiger partial charge in [-0.2, -0.15) is 0 Å². The topological polar surface area (TPSA) is 80.2 Å². The largest absolute Gasteiger partial charge is 0.284 e. The Morgan fingerprint density at radius 2 is 1.85 bits per heavy atom. The highest BCUT2D eigenvalue weighted by Crippen LogP contribution is 2.31. The fourth-order valence-electron chi connectivity index (χ4n) is 3.64. The van der Waals surface area contributed by atoms with Crippen molar-refractivity contribution in [2.24, 2.45) is 0 Å². The average molecular weight is 494 g/mol. The van der Waals surface area contributed by atoms with Crippen LogP contribution in [0, 0.1) is 6.92 Å². The van der Waals surface area contributed by atoms with Crippen molar-refractivity contribution in [3.8, 4) is 0 Å². The number of anilines is 1. The van der Waals surface area contributed by atoms with E-state index in [9.17, 15) is 13.2 Å². The van der Waals surface area contributed by atoms with Gasteiger partial charge in [-0.05, 0) is 61.2 Å². The van der Waals surface area contributed by atoms with Gasteiger partial charge >= 0.3 is 0 Å². The van der Waals surface area contributed by atoms with Crippen molar-refractivity contribution in [3.63, 3.8) is 0 Å². The third-order valence-electron chi connectivity index (χ3n) is 5.63. The van der Waals surface area contributed by atoms with Gasteiger partial charge in [0.25, 0.3) is 0 Å². The normalized spacial score (nSPS) is 11.6. The molecule has 0 radical (unpaired) electrons. The average Bonchev–Trinajstić information content (AvgIpc) is 3.26. The second-order valence-corrected chi connectivity index (χ2v) is 11.3. The number of rotatable bonds is 9. The van der Waals surface area contributed by atoms with Crippen LogP contribution in [0.4, 0.5) is 5.13 Å². The van der Waals surface area contributed by atoms with Crippen LogP contribution in [0.25, 0.3) is 10.2 Å². The molecule has 0 aliphatic heterocycles. The molecule has 34 heavy (non-hydrogen) atoms. The van der Waals surface area contributed by atoms with Crippen molar-refractivity contribution in [2.75, 3.05) is 10.7 Å². The summed E-state index contributed by atoms with van der Waals surface area (Å²) in [5.74, 6) is -0.236. The Labute approximate surface area is 204 Å². The number of thiazole rings is 1. The third kappa shape index (κ3) is 5.69. The number of hydrogen-bond acceptors (Lipinski definition) is 6. The van der Waals surface area contributed by atoms with E-state index in [-0.39, 0.29) is 29.4 Å². The van der Waals surface area contributed by atoms with Crippen molar-refractivity contribution in [3.05, 3.63) is 83.7 Å². The van der Waals surface area contributed by atoms with Crippen LogP contribution in [0.15, 0.2) is 71.9 Å². The first-order chi connectivity index (χ1) is 16.4. The van der Waals surface area contributed by atoms with Crippen molar-refractivity contribution in [1.82, 2.24) is 9.97 Å². The molecule has 4 aromatic rings. The summed E-state index contributed by atoms with van der Waals surface area (Å²) in [7, 11) is -3.44. The molecular formula is C26H27N3O3S2. The quantitative estimate of drug-likeness (QED) is 0.314. The maximum atomic E-state index is 13.3. The highest BCUT2D eigenvalue weighted by atomic mass is 32.2. The van der Waals surface area contributed by atoms with Crippen LogP contribution in [0.2, 0.25) is 0 Å². The number of nitrogens with zero attached hydrogens (tertiary/aromatic N) is 3. The zero-order valence-electron chi connectivity index (χ0n) is 19.3. The minimum Gasteiger partial charge on any atom is -0.284 e. The molecule has 0 N–H and O–H groups in total. The predicted molar refractivity (Wildman–Crippen MR) is 137 cm³/mol. The van der Waals surface area contributed by atoms with E-state index in [0.717, 1.165) is 27.8 Å². The predicted octanol–water partition coefficient (Wildman–Crippen LogP) is 5.35. The van der Waals surface area contributed by atoms with E-state index in [1.807, 2.05) is 25.1 Å². The van der Waals surface area contributed by atoms with Gasteiger partial charge in [0.05, 0.1) is 27.4 Å². The van der Waals surface area contributed by atoms with Crippen molar-refractivity contribution < 1.29 is 13.2 Å². The van der Waals surface area contributed by atoms with Crippen LogP contribution in [0.5, 0.6) is 0 Å². The molecule has 176 valence electrons. The molecule has 4 rings (SSSR count). The summed E-state index contributed by atoms with van der Waals surface area (Å²) in [4.78, 5) is 24.1. The first-order valence-electron chi connectivity index (χ1n) is 11.2. The fraction of sp³-hybridized carbons (Fsp3) is 0.269. The molecule has 2 aromatic carbocycles. The van der Waals surface area contributed by atoms with E-state index >= 15 is 0 Å². The minimum absolute atomic E-state index is 0.0811. The van der Waals surface area contributed by atoms with Gasteiger partial charge in [-0.25, -0.2) is 13.4 Å². The minimum atomic E-state index is -3.44. The summed E-state index contributed by atoms with van der Waals surface area (Å²) in [6, 6.07) is 16.7. The molecule has 2 aromatic heterocycles. The van der Waals surface area contributed by atoms with E-state index < -0.39 is 9.84 Å². The van der Waals surface area contributed by atoms with Crippen LogP contribution in [0.1, 0.15) is 36.5 Å². The summed E-state index contributed by atoms with van der Waals surface area (Å²) in [5, 5.41) is 0.610. The molecular weight excluding hydrogens is 466 g/mol. The molecule has 8 heteroatoms. The number of aromatic nitrogens is 2. The van der Waals surface area contributed by atoms with E-state index in [2.05, 4.69) is 24.0 Å². The van der Waals surface area contributed by atoms with Crippen molar-refractivity contribution >= 4 is 42.4 Å². The number of fused-ring (bicyclic) bond motifs is 1. The van der Waals surface area contributed by atoms with E-state index in [1.165, 1.54) is 16.9 Å². The third-order valence-corrected chi connectivity index (χ3v) is 8.49. The second-order valence-electron chi connectivity index (χ2n) is 8.23. The molecule has 0 spiro atoms. The number of sulfone groups is 1. The zero-order chi connectivity index (χ0) is 24.1. The van der Waals surface area contributed by atoms with Crippen LogP contribution in [-0.2, 0) is 27.6 Å². The molecule has 0 aliphatic rings. The van der Waals surface area contributed by atoms with Gasteiger partial charge in [-0.1, -0.05) is 48.1 Å². The summed E-state index contributed by atoms with van der Waals surface area (Å²) in [6.45, 7) is 4.35. The Kier molecular flexibility index (Phi) is 7.38. The standard InChI is InChI=1S/C26H27N3O3S2/c1-3-20-10-13-23-24(16-20)33-26(28-23)29(18-21-6-4-14-27-17-21)25(30)7-5-15-34(31,32)22-11-8-19(2)9-12-22/h4,6,8-14,16-17H,3,5,7,15,18H2,1-2H3. The zero-order valence-corrected chi connectivity index (χ0v) is 20.9. The van der Waals surface area contributed by atoms with Crippen LogP contribution >= 0.6 is 11.3 Å². The Morgan fingerprint density at radius 3 is 2.56 bits per heavy atom. The Hall–Kier alpha value is -3.10. The van der Waals surface area contributed by atoms with E-state index in [1.54, 1.807) is 41.6 Å². The smallest absolute Gasteiger partial charge is 0.229 e. The lowest BCUT2D eigenvalue weighted by Gasteiger charge is -2.20. The Bertz CT molecular complexity index is 1380. The molecule has 0 aliphatic carbocycles. The second kappa shape index (κ2) is 10.4. The van der Waals surface area contributed by atoms with E-state index in [0.29, 0.717) is 11.7 Å². The SMILES string of the molecule is CCc1ccc2nc(N(Cc3cccnc3)C(=O)CCCS(=O)(=O)c3ccc(C)cc3)sc2c1. The first-order valence-corrected chi connectivity index (χ1v) is 13.7. The summed E-state index contributed by atoms with van der Waals surface area (Å²) in [6.07, 6.45) is 4.70. The van der Waals surface area contributed by atoms with Gasteiger partial charge in [0.15, 0.2) is 15.0 Å². The molecule has 0 unspecified atom stereocenters. The highest BCUT2D eigenvalue weighted by molar-refractivity contribution is 7.91. The Morgan fingerprint density at radius 1 is 1.06 bits per heavy atom. The Balaban J connectivity index is 1.53. The summed E-state index contributed by atoms with van der Waals surface area (Å²) in [5.41, 5.74) is 3.95. The number of aryl methyl sites for hydroxylation is 2. The number of hydrogen-bond donors (Lipinski definition) is 0. The highest BCUT2D eigenvalue weighted by Gasteiger charge is 2.22. The number of amides is 1. The van der Waals surface area contributed by atoms with Crippen molar-refractivity contribution in [2.45, 2.75) is 44.6 Å². The van der Waals surface area contributed by atoms with Gasteiger partial charge in [0, 0.05) is 18.8 Å². The molecule has 0 fully saturated rings. The molecule has 0 bridgehead atoms. The first kappa shape index (κ1) is 24.0. The lowest BCUT2D eigenvalue weighted by Crippen LogP contribution is -2.30. The molecule has 0 saturated heterocycles. The molecule has 0 atom stereocenters. The number of benzene rings is 2. The number of carbonyl (C=O) groups is 1. The van der Waals surface area contributed by atoms with Gasteiger partial charge in [-0.15, -0.1) is 0 Å².